The topological polar surface area (TPSA) is 85.4 Å². The molecule has 7 heteroatoms. The van der Waals surface area contributed by atoms with Crippen molar-refractivity contribution in [1.29, 1.82) is 0 Å². The number of amides is 1. The highest BCUT2D eigenvalue weighted by Crippen LogP contribution is 2.19. The van der Waals surface area contributed by atoms with E-state index in [0.717, 1.165) is 28.3 Å². The molecule has 0 aliphatic rings. The summed E-state index contributed by atoms with van der Waals surface area (Å²) in [5, 5.41) is 14.0. The number of benzene rings is 2. The van der Waals surface area contributed by atoms with E-state index in [1.807, 2.05) is 56.3 Å². The molecule has 3 aromatic rings. The van der Waals surface area contributed by atoms with Crippen molar-refractivity contribution in [2.75, 3.05) is 30.9 Å². The Morgan fingerprint density at radius 2 is 1.72 bits per heavy atom. The van der Waals surface area contributed by atoms with Gasteiger partial charge >= 0.3 is 0 Å². The van der Waals surface area contributed by atoms with E-state index >= 15 is 0 Å². The summed E-state index contributed by atoms with van der Waals surface area (Å²) in [7, 11) is 1.62. The van der Waals surface area contributed by atoms with Gasteiger partial charge in [0, 0.05) is 5.69 Å². The van der Waals surface area contributed by atoms with Gasteiger partial charge in [-0.1, -0.05) is 12.1 Å². The van der Waals surface area contributed by atoms with Gasteiger partial charge in [-0.2, -0.15) is 0 Å². The lowest BCUT2D eigenvalue weighted by Crippen LogP contribution is -2.17. The average Bonchev–Trinajstić information content (AvgIpc) is 2.75. The summed E-state index contributed by atoms with van der Waals surface area (Å²) in [6.07, 6.45) is 0. The molecule has 0 atom stereocenters. The SMILES string of the molecule is COc1ccc(OCCNc2ccc(C(=O)Nc3cccc(C)c3C)nn2)cc1. The fraction of sp³-hybridized carbons (Fsp3) is 0.227. The van der Waals surface area contributed by atoms with Gasteiger partial charge in [0.05, 0.1) is 13.7 Å². The van der Waals surface area contributed by atoms with Crippen LogP contribution < -0.4 is 20.1 Å². The molecule has 1 amide bonds. The number of carbonyl (C=O) groups is 1. The molecule has 1 heterocycles. The molecule has 2 aromatic carbocycles. The van der Waals surface area contributed by atoms with Crippen molar-refractivity contribution in [2.45, 2.75) is 13.8 Å². The van der Waals surface area contributed by atoms with Crippen molar-refractivity contribution >= 4 is 17.4 Å². The molecule has 0 radical (unpaired) electrons. The summed E-state index contributed by atoms with van der Waals surface area (Å²) < 4.78 is 10.8. The Labute approximate surface area is 170 Å². The molecule has 1 aromatic heterocycles. The van der Waals surface area contributed by atoms with E-state index in [9.17, 15) is 4.79 Å². The van der Waals surface area contributed by atoms with E-state index in [1.54, 1.807) is 19.2 Å². The number of hydrogen-bond donors (Lipinski definition) is 2. The lowest BCUT2D eigenvalue weighted by atomic mass is 10.1. The quantitative estimate of drug-likeness (QED) is 0.567. The number of rotatable bonds is 8. The Hall–Kier alpha value is -3.61. The number of carbonyl (C=O) groups excluding carboxylic acids is 1. The van der Waals surface area contributed by atoms with E-state index in [4.69, 9.17) is 9.47 Å². The minimum Gasteiger partial charge on any atom is -0.497 e. The van der Waals surface area contributed by atoms with Crippen LogP contribution in [0.2, 0.25) is 0 Å². The lowest BCUT2D eigenvalue weighted by molar-refractivity contribution is 0.102. The number of aromatic nitrogens is 2. The first kappa shape index (κ1) is 20.1. The maximum Gasteiger partial charge on any atom is 0.276 e. The number of nitrogens with zero attached hydrogens (tertiary/aromatic N) is 2. The van der Waals surface area contributed by atoms with E-state index in [-0.39, 0.29) is 11.6 Å². The van der Waals surface area contributed by atoms with Crippen molar-refractivity contribution in [3.05, 3.63) is 71.4 Å². The van der Waals surface area contributed by atoms with Gasteiger partial charge in [-0.05, 0) is 67.4 Å². The first-order valence-electron chi connectivity index (χ1n) is 9.29. The standard InChI is InChI=1S/C22H24N4O3/c1-15-5-4-6-19(16(15)2)24-22(27)20-11-12-21(26-25-20)23-13-14-29-18-9-7-17(28-3)8-10-18/h4-12H,13-14H2,1-3H3,(H,23,26)(H,24,27). The number of nitrogens with one attached hydrogen (secondary N) is 2. The Morgan fingerprint density at radius 1 is 0.966 bits per heavy atom. The number of methoxy groups -OCH3 is 1. The van der Waals surface area contributed by atoms with E-state index in [1.165, 1.54) is 0 Å². The average molecular weight is 392 g/mol. The zero-order chi connectivity index (χ0) is 20.6. The zero-order valence-electron chi connectivity index (χ0n) is 16.7. The van der Waals surface area contributed by atoms with E-state index < -0.39 is 0 Å². The van der Waals surface area contributed by atoms with Crippen LogP contribution in [0, 0.1) is 13.8 Å². The highest BCUT2D eigenvalue weighted by atomic mass is 16.5. The molecule has 0 aliphatic carbocycles. The Kier molecular flexibility index (Phi) is 6.63. The molecule has 0 saturated heterocycles. The third-order valence-corrected chi connectivity index (χ3v) is 4.49. The van der Waals surface area contributed by atoms with Crippen molar-refractivity contribution < 1.29 is 14.3 Å². The van der Waals surface area contributed by atoms with Gasteiger partial charge in [-0.25, -0.2) is 0 Å². The number of aryl methyl sites for hydroxylation is 1. The maximum atomic E-state index is 12.4. The van der Waals surface area contributed by atoms with Gasteiger partial charge in [0.25, 0.3) is 5.91 Å². The number of ether oxygens (including phenoxy) is 2. The van der Waals surface area contributed by atoms with E-state index in [0.29, 0.717) is 19.0 Å². The monoisotopic (exact) mass is 392 g/mol. The highest BCUT2D eigenvalue weighted by Gasteiger charge is 2.10. The summed E-state index contributed by atoms with van der Waals surface area (Å²) in [4.78, 5) is 12.4. The molecule has 3 rings (SSSR count). The van der Waals surface area contributed by atoms with Crippen LogP contribution in [-0.2, 0) is 0 Å². The normalized spacial score (nSPS) is 10.3. The number of hydrogen-bond acceptors (Lipinski definition) is 6. The fourth-order valence-corrected chi connectivity index (χ4v) is 2.64. The second-order valence-electron chi connectivity index (χ2n) is 6.46. The third kappa shape index (κ3) is 5.44. The van der Waals surface area contributed by atoms with Crippen LogP contribution >= 0.6 is 0 Å². The van der Waals surface area contributed by atoms with Gasteiger partial charge < -0.3 is 20.1 Å². The van der Waals surface area contributed by atoms with Crippen molar-refractivity contribution in [3.63, 3.8) is 0 Å². The summed E-state index contributed by atoms with van der Waals surface area (Å²) in [5.74, 6) is 1.83. The van der Waals surface area contributed by atoms with Gasteiger partial charge in [0.1, 0.15) is 23.9 Å². The molecule has 0 saturated carbocycles. The first-order chi connectivity index (χ1) is 14.1. The van der Waals surface area contributed by atoms with Crippen molar-refractivity contribution in [2.24, 2.45) is 0 Å². The zero-order valence-corrected chi connectivity index (χ0v) is 16.7. The van der Waals surface area contributed by atoms with Gasteiger partial charge in [0.15, 0.2) is 5.69 Å². The summed E-state index contributed by atoms with van der Waals surface area (Å²) >= 11 is 0. The first-order valence-corrected chi connectivity index (χ1v) is 9.29. The molecule has 2 N–H and O–H groups in total. The molecular weight excluding hydrogens is 368 g/mol. The molecule has 0 bridgehead atoms. The largest absolute Gasteiger partial charge is 0.497 e. The van der Waals surface area contributed by atoms with Gasteiger partial charge in [-0.3, -0.25) is 4.79 Å². The van der Waals surface area contributed by atoms with Crippen molar-refractivity contribution in [3.8, 4) is 11.5 Å². The van der Waals surface area contributed by atoms with Crippen LogP contribution in [0.1, 0.15) is 21.6 Å². The molecule has 150 valence electrons. The highest BCUT2D eigenvalue weighted by molar-refractivity contribution is 6.03. The fourth-order valence-electron chi connectivity index (χ4n) is 2.64. The Balaban J connectivity index is 1.48. The minimum absolute atomic E-state index is 0.255. The molecule has 29 heavy (non-hydrogen) atoms. The second kappa shape index (κ2) is 9.54. The van der Waals surface area contributed by atoms with Crippen LogP contribution in [0.5, 0.6) is 11.5 Å². The summed E-state index contributed by atoms with van der Waals surface area (Å²) in [6.45, 7) is 4.99. The molecule has 7 nitrogen and oxygen atoms in total. The Bertz CT molecular complexity index is 957. The number of anilines is 2. The minimum atomic E-state index is -0.291. The van der Waals surface area contributed by atoms with Crippen LogP contribution in [0.3, 0.4) is 0 Å². The maximum absolute atomic E-state index is 12.4. The van der Waals surface area contributed by atoms with Gasteiger partial charge in [0.2, 0.25) is 0 Å². The second-order valence-corrected chi connectivity index (χ2v) is 6.46. The molecule has 0 spiro atoms. The summed E-state index contributed by atoms with van der Waals surface area (Å²) in [6, 6.07) is 16.5. The third-order valence-electron chi connectivity index (χ3n) is 4.49. The van der Waals surface area contributed by atoms with Gasteiger partial charge in [-0.15, -0.1) is 10.2 Å². The molecular formula is C22H24N4O3. The molecule has 0 aliphatic heterocycles. The predicted octanol–water partition coefficient (Wildman–Crippen LogP) is 3.85. The van der Waals surface area contributed by atoms with E-state index in [2.05, 4.69) is 20.8 Å². The van der Waals surface area contributed by atoms with Crippen LogP contribution in [0.4, 0.5) is 11.5 Å². The van der Waals surface area contributed by atoms with Crippen molar-refractivity contribution in [1.82, 2.24) is 10.2 Å². The van der Waals surface area contributed by atoms with Crippen LogP contribution in [0.25, 0.3) is 0 Å². The Morgan fingerprint density at radius 3 is 2.41 bits per heavy atom. The predicted molar refractivity (Wildman–Crippen MR) is 113 cm³/mol. The summed E-state index contributed by atoms with van der Waals surface area (Å²) in [5.41, 5.74) is 3.18. The van der Waals surface area contributed by atoms with Crippen LogP contribution in [-0.4, -0.2) is 36.4 Å². The lowest BCUT2D eigenvalue weighted by Gasteiger charge is -2.10. The van der Waals surface area contributed by atoms with Crippen LogP contribution in [0.15, 0.2) is 54.6 Å². The molecule has 0 fully saturated rings. The molecule has 0 unspecified atom stereocenters. The smallest absolute Gasteiger partial charge is 0.276 e.